The van der Waals surface area contributed by atoms with Crippen LogP contribution in [-0.4, -0.2) is 25.2 Å². The van der Waals surface area contributed by atoms with Crippen LogP contribution in [0, 0.1) is 45.3 Å². The molecule has 4 nitrogen and oxygen atoms in total. The molecule has 166 valence electrons. The molecule has 0 aromatic heterocycles. The fourth-order valence-corrected chi connectivity index (χ4v) is 7.53. The number of esters is 2. The van der Waals surface area contributed by atoms with Crippen molar-refractivity contribution in [3.8, 4) is 0 Å². The van der Waals surface area contributed by atoms with Crippen LogP contribution in [0.15, 0.2) is 12.2 Å². The summed E-state index contributed by atoms with van der Waals surface area (Å²) in [7, 11) is 0. The Bertz CT molecular complexity index is 620. The highest BCUT2D eigenvalue weighted by Crippen LogP contribution is 2.83. The summed E-state index contributed by atoms with van der Waals surface area (Å²) in [5.74, 6) is -0.278. The minimum atomic E-state index is -0.983. The first-order valence-corrected chi connectivity index (χ1v) is 11.4. The Balaban J connectivity index is 3.10. The number of ether oxygens (including phenoxy) is 2. The zero-order valence-electron chi connectivity index (χ0n) is 20.2. The summed E-state index contributed by atoms with van der Waals surface area (Å²) in [4.78, 5) is 28.1. The van der Waals surface area contributed by atoms with E-state index in [0.29, 0.717) is 13.2 Å². The maximum Gasteiger partial charge on any atom is 0.314 e. The van der Waals surface area contributed by atoms with Crippen molar-refractivity contribution in [1.29, 1.82) is 0 Å². The van der Waals surface area contributed by atoms with Gasteiger partial charge in [0.2, 0.25) is 0 Å². The van der Waals surface area contributed by atoms with Gasteiger partial charge in [-0.05, 0) is 43.9 Å². The second kappa shape index (κ2) is 7.74. The smallest absolute Gasteiger partial charge is 0.314 e. The maximum absolute atomic E-state index is 14.0. The van der Waals surface area contributed by atoms with Gasteiger partial charge in [-0.2, -0.15) is 0 Å². The van der Waals surface area contributed by atoms with Gasteiger partial charge in [0.1, 0.15) is 0 Å². The van der Waals surface area contributed by atoms with E-state index in [2.05, 4.69) is 67.5 Å². The monoisotopic (exact) mass is 406 g/mol. The van der Waals surface area contributed by atoms with Gasteiger partial charge in [-0.15, -0.1) is 0 Å². The van der Waals surface area contributed by atoms with E-state index in [1.165, 1.54) is 0 Å². The second-order valence-electron chi connectivity index (χ2n) is 10.3. The molecule has 0 radical (unpaired) electrons. The molecule has 0 spiro atoms. The summed E-state index contributed by atoms with van der Waals surface area (Å²) in [6, 6.07) is 0. The number of allylic oxidation sites excluding steroid dienone is 2. The maximum atomic E-state index is 14.0. The third-order valence-corrected chi connectivity index (χ3v) is 8.34. The number of hydrogen-bond acceptors (Lipinski definition) is 4. The van der Waals surface area contributed by atoms with Crippen molar-refractivity contribution < 1.29 is 19.1 Å². The van der Waals surface area contributed by atoms with Gasteiger partial charge in [-0.3, -0.25) is 9.59 Å². The van der Waals surface area contributed by atoms with E-state index in [4.69, 9.17) is 9.47 Å². The van der Waals surface area contributed by atoms with Crippen LogP contribution in [-0.2, 0) is 19.1 Å². The Morgan fingerprint density at radius 1 is 0.690 bits per heavy atom. The number of hydrogen-bond donors (Lipinski definition) is 0. The van der Waals surface area contributed by atoms with Gasteiger partial charge in [0.25, 0.3) is 0 Å². The van der Waals surface area contributed by atoms with Crippen LogP contribution < -0.4 is 0 Å². The molecule has 0 amide bonds. The molecule has 0 heterocycles. The largest absolute Gasteiger partial charge is 0.466 e. The van der Waals surface area contributed by atoms with Crippen LogP contribution in [0.1, 0.15) is 75.7 Å². The van der Waals surface area contributed by atoms with Gasteiger partial charge in [-0.25, -0.2) is 0 Å². The SMILES string of the molecule is CCOC(=O)C1(C(C)C)C2(C(C)C)C=CC(C(C)C)(C2)C1(C(=O)OCC)C(C)C. The van der Waals surface area contributed by atoms with Gasteiger partial charge < -0.3 is 9.47 Å². The molecule has 0 aromatic rings. The van der Waals surface area contributed by atoms with Crippen LogP contribution in [0.25, 0.3) is 0 Å². The normalized spacial score (nSPS) is 35.9. The molecule has 0 N–H and O–H groups in total. The molecule has 0 aromatic carbocycles. The quantitative estimate of drug-likeness (QED) is 0.386. The molecule has 29 heavy (non-hydrogen) atoms. The van der Waals surface area contributed by atoms with Crippen molar-refractivity contribution in [3.63, 3.8) is 0 Å². The van der Waals surface area contributed by atoms with Gasteiger partial charge in [0.15, 0.2) is 0 Å². The van der Waals surface area contributed by atoms with Crippen LogP contribution in [0.4, 0.5) is 0 Å². The van der Waals surface area contributed by atoms with Crippen molar-refractivity contribution in [3.05, 3.63) is 12.2 Å². The van der Waals surface area contributed by atoms with Crippen LogP contribution >= 0.6 is 0 Å². The summed E-state index contributed by atoms with van der Waals surface area (Å²) < 4.78 is 11.6. The molecular weight excluding hydrogens is 364 g/mol. The van der Waals surface area contributed by atoms with Crippen molar-refractivity contribution in [2.75, 3.05) is 13.2 Å². The van der Waals surface area contributed by atoms with Crippen molar-refractivity contribution in [1.82, 2.24) is 0 Å². The lowest BCUT2D eigenvalue weighted by Crippen LogP contribution is -2.67. The lowest BCUT2D eigenvalue weighted by atomic mass is 9.40. The van der Waals surface area contributed by atoms with E-state index < -0.39 is 21.7 Å². The number of carbonyl (C=O) groups is 2. The van der Waals surface area contributed by atoms with E-state index in [1.54, 1.807) is 0 Å². The summed E-state index contributed by atoms with van der Waals surface area (Å²) in [5, 5.41) is 0. The Morgan fingerprint density at radius 3 is 1.21 bits per heavy atom. The van der Waals surface area contributed by atoms with E-state index in [0.717, 1.165) is 6.42 Å². The Morgan fingerprint density at radius 2 is 1.00 bits per heavy atom. The molecule has 1 fully saturated rings. The third kappa shape index (κ3) is 2.50. The summed E-state index contributed by atoms with van der Waals surface area (Å²) >= 11 is 0. The molecule has 2 aliphatic rings. The average molecular weight is 407 g/mol. The molecule has 1 saturated carbocycles. The highest BCUT2D eigenvalue weighted by molar-refractivity contribution is 5.93. The van der Waals surface area contributed by atoms with Crippen molar-refractivity contribution >= 4 is 11.9 Å². The fourth-order valence-electron chi connectivity index (χ4n) is 7.53. The van der Waals surface area contributed by atoms with Crippen molar-refractivity contribution in [2.45, 2.75) is 75.7 Å². The van der Waals surface area contributed by atoms with Crippen molar-refractivity contribution in [2.24, 2.45) is 45.3 Å². The fraction of sp³-hybridized carbons (Fsp3) is 0.840. The highest BCUT2D eigenvalue weighted by atomic mass is 16.5. The topological polar surface area (TPSA) is 52.6 Å². The Hall–Kier alpha value is -1.32. The molecule has 4 unspecified atom stereocenters. The Labute approximate surface area is 177 Å². The molecule has 4 atom stereocenters. The first-order valence-electron chi connectivity index (χ1n) is 11.4. The predicted molar refractivity (Wildman–Crippen MR) is 116 cm³/mol. The lowest BCUT2D eigenvalue weighted by Gasteiger charge is -2.60. The minimum Gasteiger partial charge on any atom is -0.466 e. The van der Waals surface area contributed by atoms with E-state index in [1.807, 2.05) is 13.8 Å². The van der Waals surface area contributed by atoms with E-state index in [9.17, 15) is 9.59 Å². The average Bonchev–Trinajstić information content (AvgIpc) is 3.13. The highest BCUT2D eigenvalue weighted by Gasteiger charge is 2.86. The van der Waals surface area contributed by atoms with Gasteiger partial charge in [0, 0.05) is 10.8 Å². The number of carbonyl (C=O) groups excluding carboxylic acids is 2. The molecule has 0 aliphatic heterocycles. The molecular formula is C25H42O4. The summed E-state index contributed by atoms with van der Waals surface area (Å²) in [6.07, 6.45) is 5.30. The van der Waals surface area contributed by atoms with E-state index >= 15 is 0 Å². The zero-order valence-corrected chi connectivity index (χ0v) is 20.2. The van der Waals surface area contributed by atoms with Crippen LogP contribution in [0.3, 0.4) is 0 Å². The minimum absolute atomic E-state index is 0.0821. The molecule has 2 bridgehead atoms. The van der Waals surface area contributed by atoms with Crippen LogP contribution in [0.2, 0.25) is 0 Å². The van der Waals surface area contributed by atoms with Gasteiger partial charge in [0.05, 0.1) is 24.0 Å². The molecule has 2 aliphatic carbocycles. The number of rotatable bonds is 8. The van der Waals surface area contributed by atoms with Gasteiger partial charge >= 0.3 is 11.9 Å². The molecule has 4 heteroatoms. The zero-order chi connectivity index (χ0) is 22.4. The van der Waals surface area contributed by atoms with Crippen LogP contribution in [0.5, 0.6) is 0 Å². The van der Waals surface area contributed by atoms with Gasteiger partial charge in [-0.1, -0.05) is 67.5 Å². The van der Waals surface area contributed by atoms with E-state index in [-0.39, 0.29) is 35.6 Å². The second-order valence-corrected chi connectivity index (χ2v) is 10.3. The first-order chi connectivity index (χ1) is 13.4. The number of fused-ring (bicyclic) bond motifs is 2. The Kier molecular flexibility index (Phi) is 6.39. The lowest BCUT2D eigenvalue weighted by molar-refractivity contribution is -0.212. The summed E-state index contributed by atoms with van der Waals surface area (Å²) in [6.45, 7) is 21.3. The third-order valence-electron chi connectivity index (χ3n) is 8.34. The predicted octanol–water partition coefficient (Wildman–Crippen LogP) is 5.66. The standard InChI is InChI=1S/C25H42O4/c1-11-28-20(26)24(18(7)8)22(16(3)4)13-14-23(15-22,17(5)6)25(24,19(9)10)21(27)29-12-2/h13-14,16-19H,11-12,15H2,1-10H3. The molecule has 0 saturated heterocycles. The first kappa shape index (κ1) is 24.0. The molecule has 2 rings (SSSR count). The summed E-state index contributed by atoms with van der Waals surface area (Å²) in [5.41, 5.74) is -2.86.